The molecule has 1 aliphatic rings. The minimum Gasteiger partial charge on any atom is -0.497 e. The molecule has 25 heavy (non-hydrogen) atoms. The predicted molar refractivity (Wildman–Crippen MR) is 93.3 cm³/mol. The Bertz CT molecular complexity index is 895. The van der Waals surface area contributed by atoms with Gasteiger partial charge in [0.25, 0.3) is 0 Å². The van der Waals surface area contributed by atoms with Gasteiger partial charge >= 0.3 is 0 Å². The van der Waals surface area contributed by atoms with Crippen LogP contribution in [0.1, 0.15) is 0 Å². The van der Waals surface area contributed by atoms with Gasteiger partial charge in [-0.15, -0.1) is 5.10 Å². The molecule has 3 atom stereocenters. The fourth-order valence-electron chi connectivity index (χ4n) is 3.19. The monoisotopic (exact) mass is 340 g/mol. The molecule has 1 saturated heterocycles. The predicted octanol–water partition coefficient (Wildman–Crippen LogP) is 0.800. The van der Waals surface area contributed by atoms with Gasteiger partial charge in [-0.3, -0.25) is 4.68 Å². The smallest absolute Gasteiger partial charge is 0.119 e. The number of aliphatic hydroxyl groups excluding tert-OH is 2. The normalized spacial score (nSPS) is 23.2. The Hall–Kier alpha value is -2.48. The molecule has 4 rings (SSSR count). The summed E-state index contributed by atoms with van der Waals surface area (Å²) in [4.78, 5) is 0. The van der Waals surface area contributed by atoms with Crippen molar-refractivity contribution in [2.24, 2.45) is 0 Å². The SMILES string of the molecule is COc1ccc2cc(-c3cn(C[C@H]4NC[C@@H](O)[C@H]4O)nn3)ccc2c1. The molecule has 0 bridgehead atoms. The maximum Gasteiger partial charge on any atom is 0.119 e. The van der Waals surface area contributed by atoms with Crippen LogP contribution < -0.4 is 10.1 Å². The number of benzene rings is 2. The number of ether oxygens (including phenoxy) is 1. The molecule has 0 aliphatic carbocycles. The Morgan fingerprint density at radius 3 is 2.76 bits per heavy atom. The van der Waals surface area contributed by atoms with Gasteiger partial charge in [-0.05, 0) is 29.0 Å². The summed E-state index contributed by atoms with van der Waals surface area (Å²) < 4.78 is 6.94. The van der Waals surface area contributed by atoms with E-state index in [0.29, 0.717) is 13.1 Å². The van der Waals surface area contributed by atoms with Gasteiger partial charge in [-0.2, -0.15) is 0 Å². The highest BCUT2D eigenvalue weighted by Gasteiger charge is 2.33. The lowest BCUT2D eigenvalue weighted by Gasteiger charge is -2.15. The number of hydrogen-bond donors (Lipinski definition) is 3. The second-order valence-corrected chi connectivity index (χ2v) is 6.33. The van der Waals surface area contributed by atoms with Crippen molar-refractivity contribution >= 4 is 10.8 Å². The third-order valence-corrected chi connectivity index (χ3v) is 4.66. The largest absolute Gasteiger partial charge is 0.497 e. The molecule has 1 aromatic heterocycles. The van der Waals surface area contributed by atoms with Crippen molar-refractivity contribution in [2.45, 2.75) is 24.8 Å². The van der Waals surface area contributed by atoms with Gasteiger partial charge in [0.15, 0.2) is 0 Å². The summed E-state index contributed by atoms with van der Waals surface area (Å²) in [6, 6.07) is 11.8. The summed E-state index contributed by atoms with van der Waals surface area (Å²) in [5.74, 6) is 0.830. The van der Waals surface area contributed by atoms with Crippen LogP contribution >= 0.6 is 0 Å². The van der Waals surface area contributed by atoms with Gasteiger partial charge in [-0.25, -0.2) is 0 Å². The van der Waals surface area contributed by atoms with Gasteiger partial charge in [0.1, 0.15) is 11.4 Å². The third kappa shape index (κ3) is 3.09. The average molecular weight is 340 g/mol. The molecule has 1 fully saturated rings. The minimum atomic E-state index is -0.789. The second kappa shape index (κ2) is 6.44. The van der Waals surface area contributed by atoms with Crippen molar-refractivity contribution in [1.82, 2.24) is 20.3 Å². The first-order valence-corrected chi connectivity index (χ1v) is 8.22. The Morgan fingerprint density at radius 1 is 1.20 bits per heavy atom. The van der Waals surface area contributed by atoms with E-state index in [1.54, 1.807) is 11.8 Å². The maximum absolute atomic E-state index is 9.92. The van der Waals surface area contributed by atoms with Crippen LogP contribution in [0.3, 0.4) is 0 Å². The van der Waals surface area contributed by atoms with E-state index in [2.05, 4.69) is 21.7 Å². The van der Waals surface area contributed by atoms with Crippen LogP contribution in [0.25, 0.3) is 22.0 Å². The standard InChI is InChI=1S/C18H20N4O3/c1-25-14-5-4-11-6-13(3-2-12(11)7-14)15-9-22(21-20-15)10-16-18(24)17(23)8-19-16/h2-7,9,16-19,23-24H,8,10H2,1H3/t16-,17-,18+/m1/s1. The van der Waals surface area contributed by atoms with Crippen molar-refractivity contribution < 1.29 is 14.9 Å². The number of hydrogen-bond acceptors (Lipinski definition) is 6. The number of nitrogens with one attached hydrogen (secondary N) is 1. The zero-order chi connectivity index (χ0) is 17.4. The molecule has 3 aromatic rings. The summed E-state index contributed by atoms with van der Waals surface area (Å²) >= 11 is 0. The fourth-order valence-corrected chi connectivity index (χ4v) is 3.19. The lowest BCUT2D eigenvalue weighted by molar-refractivity contribution is 0.0372. The molecule has 0 radical (unpaired) electrons. The molecule has 0 unspecified atom stereocenters. The summed E-state index contributed by atoms with van der Waals surface area (Å²) in [5, 5.41) is 33.2. The van der Waals surface area contributed by atoms with Crippen molar-refractivity contribution in [2.75, 3.05) is 13.7 Å². The van der Waals surface area contributed by atoms with E-state index >= 15 is 0 Å². The van der Waals surface area contributed by atoms with Gasteiger partial charge in [0.05, 0.1) is 38.1 Å². The van der Waals surface area contributed by atoms with Gasteiger partial charge < -0.3 is 20.3 Å². The molecule has 130 valence electrons. The van der Waals surface area contributed by atoms with Crippen LogP contribution in [0.4, 0.5) is 0 Å². The Balaban J connectivity index is 1.56. The molecule has 1 aliphatic heterocycles. The first kappa shape index (κ1) is 16.0. The molecule has 7 nitrogen and oxygen atoms in total. The summed E-state index contributed by atoms with van der Waals surface area (Å²) in [6.45, 7) is 0.845. The van der Waals surface area contributed by atoms with E-state index in [1.807, 2.05) is 36.5 Å². The lowest BCUT2D eigenvalue weighted by Crippen LogP contribution is -2.36. The number of nitrogens with zero attached hydrogens (tertiary/aromatic N) is 3. The summed E-state index contributed by atoms with van der Waals surface area (Å²) in [7, 11) is 1.66. The van der Waals surface area contributed by atoms with Crippen molar-refractivity contribution in [3.8, 4) is 17.0 Å². The van der Waals surface area contributed by atoms with E-state index < -0.39 is 12.2 Å². The van der Waals surface area contributed by atoms with Crippen molar-refractivity contribution in [3.05, 3.63) is 42.6 Å². The van der Waals surface area contributed by atoms with Crippen LogP contribution in [-0.4, -0.2) is 57.1 Å². The number of β-amino-alcohol motifs (C(OH)–C–C–N with tert-alkyl or cyclic N) is 1. The fraction of sp³-hybridized carbons (Fsp3) is 0.333. The highest BCUT2D eigenvalue weighted by Crippen LogP contribution is 2.26. The first-order chi connectivity index (χ1) is 12.1. The minimum absolute atomic E-state index is 0.228. The summed E-state index contributed by atoms with van der Waals surface area (Å²) in [6.07, 6.45) is 0.331. The zero-order valence-electron chi connectivity index (χ0n) is 13.8. The molecule has 2 aromatic carbocycles. The zero-order valence-corrected chi connectivity index (χ0v) is 13.8. The van der Waals surface area contributed by atoms with E-state index in [0.717, 1.165) is 27.8 Å². The van der Waals surface area contributed by atoms with E-state index in [9.17, 15) is 10.2 Å². The lowest BCUT2D eigenvalue weighted by atomic mass is 10.1. The molecule has 2 heterocycles. The molecule has 7 heteroatoms. The Kier molecular flexibility index (Phi) is 4.12. The molecule has 0 amide bonds. The molecular weight excluding hydrogens is 320 g/mol. The number of rotatable bonds is 4. The van der Waals surface area contributed by atoms with Gasteiger partial charge in [-0.1, -0.05) is 23.4 Å². The van der Waals surface area contributed by atoms with Gasteiger partial charge in [0, 0.05) is 12.1 Å². The number of fused-ring (bicyclic) bond motifs is 1. The Morgan fingerprint density at radius 2 is 2.00 bits per heavy atom. The van der Waals surface area contributed by atoms with Gasteiger partial charge in [0.2, 0.25) is 0 Å². The Labute approximate surface area is 144 Å². The number of methoxy groups -OCH3 is 1. The highest BCUT2D eigenvalue weighted by molar-refractivity contribution is 5.87. The van der Waals surface area contributed by atoms with E-state index in [4.69, 9.17) is 4.74 Å². The molecule has 0 spiro atoms. The summed E-state index contributed by atoms with van der Waals surface area (Å²) in [5.41, 5.74) is 1.75. The second-order valence-electron chi connectivity index (χ2n) is 6.33. The molecule has 3 N–H and O–H groups in total. The van der Waals surface area contributed by atoms with Crippen LogP contribution in [0, 0.1) is 0 Å². The van der Waals surface area contributed by atoms with Crippen LogP contribution in [-0.2, 0) is 6.54 Å². The highest BCUT2D eigenvalue weighted by atomic mass is 16.5. The molecule has 0 saturated carbocycles. The molecular formula is C18H20N4O3. The van der Waals surface area contributed by atoms with Crippen molar-refractivity contribution in [3.63, 3.8) is 0 Å². The van der Waals surface area contributed by atoms with Crippen LogP contribution in [0.5, 0.6) is 5.75 Å². The van der Waals surface area contributed by atoms with E-state index in [1.165, 1.54) is 0 Å². The topological polar surface area (TPSA) is 92.4 Å². The van der Waals surface area contributed by atoms with Crippen LogP contribution in [0.2, 0.25) is 0 Å². The first-order valence-electron chi connectivity index (χ1n) is 8.22. The van der Waals surface area contributed by atoms with Crippen LogP contribution in [0.15, 0.2) is 42.6 Å². The maximum atomic E-state index is 9.92. The quantitative estimate of drug-likeness (QED) is 0.651. The van der Waals surface area contributed by atoms with E-state index in [-0.39, 0.29) is 6.04 Å². The number of aliphatic hydroxyl groups is 2. The van der Waals surface area contributed by atoms with Crippen molar-refractivity contribution in [1.29, 1.82) is 0 Å². The average Bonchev–Trinajstić information content (AvgIpc) is 3.23. The third-order valence-electron chi connectivity index (χ3n) is 4.66. The number of aromatic nitrogens is 3.